The fourth-order valence-electron chi connectivity index (χ4n) is 1.75. The molecule has 5 heteroatoms. The van der Waals surface area contributed by atoms with Gasteiger partial charge in [0.2, 0.25) is 5.89 Å². The Morgan fingerprint density at radius 3 is 3.00 bits per heavy atom. The molecule has 1 aromatic carbocycles. The van der Waals surface area contributed by atoms with Gasteiger partial charge in [0.05, 0.1) is 11.8 Å². The summed E-state index contributed by atoms with van der Waals surface area (Å²) in [5.41, 5.74) is 1.26. The molecule has 0 saturated heterocycles. The lowest BCUT2D eigenvalue weighted by atomic mass is 10.2. The minimum atomic E-state index is 0.107. The average Bonchev–Trinajstić information content (AvgIpc) is 2.86. The fraction of sp³-hybridized carbons (Fsp3) is 0.429. The zero-order valence-electron chi connectivity index (χ0n) is 11.5. The lowest BCUT2D eigenvalue weighted by Gasteiger charge is -2.05. The highest BCUT2D eigenvalue weighted by Crippen LogP contribution is 2.22. The van der Waals surface area contributed by atoms with Crippen LogP contribution in [0.15, 0.2) is 33.7 Å². The van der Waals surface area contributed by atoms with Crippen LogP contribution in [0.3, 0.4) is 0 Å². The van der Waals surface area contributed by atoms with E-state index in [1.54, 1.807) is 11.8 Å². The lowest BCUT2D eigenvalue weighted by Crippen LogP contribution is -2.17. The normalized spacial score (nSPS) is 12.6. The molecular weight excluding hydrogens is 258 g/mol. The van der Waals surface area contributed by atoms with Gasteiger partial charge in [0.25, 0.3) is 0 Å². The minimum absolute atomic E-state index is 0.107. The van der Waals surface area contributed by atoms with Gasteiger partial charge in [-0.2, -0.15) is 4.98 Å². The van der Waals surface area contributed by atoms with E-state index in [4.69, 9.17) is 4.52 Å². The third kappa shape index (κ3) is 4.08. The van der Waals surface area contributed by atoms with E-state index in [0.29, 0.717) is 5.89 Å². The van der Waals surface area contributed by atoms with E-state index in [0.717, 1.165) is 18.1 Å². The van der Waals surface area contributed by atoms with Crippen molar-refractivity contribution < 1.29 is 4.52 Å². The van der Waals surface area contributed by atoms with Crippen molar-refractivity contribution >= 4 is 11.8 Å². The fourth-order valence-corrected chi connectivity index (χ4v) is 2.61. The molecule has 19 heavy (non-hydrogen) atoms. The smallest absolute Gasteiger partial charge is 0.243 e. The van der Waals surface area contributed by atoms with Gasteiger partial charge < -0.3 is 9.84 Å². The monoisotopic (exact) mass is 277 g/mol. The van der Waals surface area contributed by atoms with E-state index in [-0.39, 0.29) is 6.04 Å². The number of hydrogen-bond acceptors (Lipinski definition) is 5. The van der Waals surface area contributed by atoms with Crippen molar-refractivity contribution in [3.05, 3.63) is 41.5 Å². The zero-order valence-corrected chi connectivity index (χ0v) is 12.3. The first-order valence-electron chi connectivity index (χ1n) is 6.44. The Kier molecular flexibility index (Phi) is 4.99. The van der Waals surface area contributed by atoms with E-state index in [1.807, 2.05) is 6.92 Å². The van der Waals surface area contributed by atoms with Crippen LogP contribution in [-0.2, 0) is 5.75 Å². The summed E-state index contributed by atoms with van der Waals surface area (Å²) in [6.07, 6.45) is 0. The lowest BCUT2D eigenvalue weighted by molar-refractivity contribution is 0.339. The third-order valence-corrected chi connectivity index (χ3v) is 3.71. The van der Waals surface area contributed by atoms with Gasteiger partial charge in [0.15, 0.2) is 5.82 Å². The number of thioether (sulfide) groups is 1. The summed E-state index contributed by atoms with van der Waals surface area (Å²) in [4.78, 5) is 5.63. The van der Waals surface area contributed by atoms with E-state index in [9.17, 15) is 0 Å². The number of nitrogens with one attached hydrogen (secondary N) is 1. The number of rotatable bonds is 6. The molecule has 1 unspecified atom stereocenters. The highest BCUT2D eigenvalue weighted by molar-refractivity contribution is 7.98. The maximum absolute atomic E-state index is 5.25. The van der Waals surface area contributed by atoms with E-state index < -0.39 is 0 Å². The van der Waals surface area contributed by atoms with Gasteiger partial charge in [0, 0.05) is 4.90 Å². The van der Waals surface area contributed by atoms with Crippen LogP contribution in [0.1, 0.15) is 37.2 Å². The summed E-state index contributed by atoms with van der Waals surface area (Å²) in [6, 6.07) is 8.52. The Hall–Kier alpha value is -1.33. The first kappa shape index (κ1) is 14.1. The molecule has 0 aliphatic heterocycles. The van der Waals surface area contributed by atoms with Gasteiger partial charge in [-0.05, 0) is 32.5 Å². The van der Waals surface area contributed by atoms with Crippen molar-refractivity contribution in [2.75, 3.05) is 6.54 Å². The van der Waals surface area contributed by atoms with Crippen molar-refractivity contribution in [1.82, 2.24) is 15.5 Å². The summed E-state index contributed by atoms with van der Waals surface area (Å²) >= 11 is 1.72. The number of nitrogens with zero attached hydrogens (tertiary/aromatic N) is 2. The molecule has 0 aliphatic rings. The van der Waals surface area contributed by atoms with Crippen LogP contribution in [0.2, 0.25) is 0 Å². The van der Waals surface area contributed by atoms with E-state index in [1.165, 1.54) is 10.5 Å². The summed E-state index contributed by atoms with van der Waals surface area (Å²) in [7, 11) is 0. The van der Waals surface area contributed by atoms with Crippen LogP contribution in [0.4, 0.5) is 0 Å². The quantitative estimate of drug-likeness (QED) is 0.821. The van der Waals surface area contributed by atoms with Crippen molar-refractivity contribution in [2.45, 2.75) is 37.5 Å². The molecule has 102 valence electrons. The SMILES string of the molecule is CCNC(C)c1nc(CSc2cccc(C)c2)no1. The Morgan fingerprint density at radius 1 is 1.42 bits per heavy atom. The van der Waals surface area contributed by atoms with Gasteiger partial charge in [-0.3, -0.25) is 0 Å². The molecule has 0 spiro atoms. The van der Waals surface area contributed by atoms with Crippen LogP contribution >= 0.6 is 11.8 Å². The predicted octanol–water partition coefficient (Wildman–Crippen LogP) is 3.34. The average molecular weight is 277 g/mol. The molecule has 0 saturated carbocycles. The van der Waals surface area contributed by atoms with Crippen LogP contribution in [-0.4, -0.2) is 16.7 Å². The molecule has 2 rings (SSSR count). The minimum Gasteiger partial charge on any atom is -0.338 e. The molecular formula is C14H19N3OS. The van der Waals surface area contributed by atoms with Crippen molar-refractivity contribution in [3.63, 3.8) is 0 Å². The van der Waals surface area contributed by atoms with Crippen LogP contribution in [0.5, 0.6) is 0 Å². The Morgan fingerprint density at radius 2 is 2.26 bits per heavy atom. The van der Waals surface area contributed by atoms with Crippen molar-refractivity contribution in [2.24, 2.45) is 0 Å². The second-order valence-electron chi connectivity index (χ2n) is 4.43. The molecule has 0 bridgehead atoms. The van der Waals surface area contributed by atoms with Gasteiger partial charge in [-0.15, -0.1) is 11.8 Å². The molecule has 1 atom stereocenters. The largest absolute Gasteiger partial charge is 0.338 e. The second-order valence-corrected chi connectivity index (χ2v) is 5.48. The van der Waals surface area contributed by atoms with Gasteiger partial charge in [0.1, 0.15) is 0 Å². The second kappa shape index (κ2) is 6.73. The van der Waals surface area contributed by atoms with Gasteiger partial charge >= 0.3 is 0 Å². The van der Waals surface area contributed by atoms with Crippen LogP contribution in [0, 0.1) is 6.92 Å². The highest BCUT2D eigenvalue weighted by atomic mass is 32.2. The Balaban J connectivity index is 1.93. The van der Waals surface area contributed by atoms with E-state index in [2.05, 4.69) is 53.6 Å². The van der Waals surface area contributed by atoms with Crippen LogP contribution < -0.4 is 5.32 Å². The topological polar surface area (TPSA) is 51.0 Å². The molecule has 1 aromatic heterocycles. The summed E-state index contributed by atoms with van der Waals surface area (Å²) in [6.45, 7) is 7.06. The van der Waals surface area contributed by atoms with Gasteiger partial charge in [-0.1, -0.05) is 29.8 Å². The zero-order chi connectivity index (χ0) is 13.7. The summed E-state index contributed by atoms with van der Waals surface area (Å²) in [5, 5.41) is 7.26. The summed E-state index contributed by atoms with van der Waals surface area (Å²) in [5.74, 6) is 2.12. The molecule has 2 aromatic rings. The molecule has 1 heterocycles. The molecule has 0 fully saturated rings. The van der Waals surface area contributed by atoms with E-state index >= 15 is 0 Å². The third-order valence-electron chi connectivity index (χ3n) is 2.72. The number of benzene rings is 1. The number of aromatic nitrogens is 2. The standard InChI is InChI=1S/C14H19N3OS/c1-4-15-11(3)14-16-13(17-18-14)9-19-12-7-5-6-10(2)8-12/h5-8,11,15H,4,9H2,1-3H3. The first-order valence-corrected chi connectivity index (χ1v) is 7.43. The van der Waals surface area contributed by atoms with Crippen LogP contribution in [0.25, 0.3) is 0 Å². The first-order chi connectivity index (χ1) is 9.19. The Bertz CT molecular complexity index is 527. The molecule has 1 N–H and O–H groups in total. The highest BCUT2D eigenvalue weighted by Gasteiger charge is 2.12. The maximum Gasteiger partial charge on any atom is 0.243 e. The maximum atomic E-state index is 5.25. The predicted molar refractivity (Wildman–Crippen MR) is 77.1 cm³/mol. The molecule has 0 aliphatic carbocycles. The number of hydrogen-bond donors (Lipinski definition) is 1. The van der Waals surface area contributed by atoms with Crippen molar-refractivity contribution in [1.29, 1.82) is 0 Å². The summed E-state index contributed by atoms with van der Waals surface area (Å²) < 4.78 is 5.25. The molecule has 0 radical (unpaired) electrons. The Labute approximate surface area is 118 Å². The molecule has 4 nitrogen and oxygen atoms in total. The number of aryl methyl sites for hydroxylation is 1. The van der Waals surface area contributed by atoms with Gasteiger partial charge in [-0.25, -0.2) is 0 Å². The molecule has 0 amide bonds. The van der Waals surface area contributed by atoms with Crippen molar-refractivity contribution in [3.8, 4) is 0 Å².